The van der Waals surface area contributed by atoms with Gasteiger partial charge in [0.15, 0.2) is 11.5 Å². The third kappa shape index (κ3) is 4.79. The van der Waals surface area contributed by atoms with Crippen LogP contribution in [0.2, 0.25) is 5.02 Å². The first-order valence-corrected chi connectivity index (χ1v) is 10.7. The molecule has 3 aromatic rings. The van der Waals surface area contributed by atoms with Gasteiger partial charge in [0.1, 0.15) is 5.82 Å². The van der Waals surface area contributed by atoms with Gasteiger partial charge >= 0.3 is 5.97 Å². The van der Waals surface area contributed by atoms with Crippen molar-refractivity contribution in [1.29, 1.82) is 0 Å². The van der Waals surface area contributed by atoms with Crippen molar-refractivity contribution in [2.75, 3.05) is 7.11 Å². The summed E-state index contributed by atoms with van der Waals surface area (Å²) in [6, 6.07) is 11.8. The molecule has 4 rings (SSSR count). The zero-order chi connectivity index (χ0) is 23.5. The molecule has 1 aliphatic rings. The highest BCUT2D eigenvalue weighted by Crippen LogP contribution is 2.36. The molecule has 0 aliphatic carbocycles. The molecule has 0 N–H and O–H groups in total. The van der Waals surface area contributed by atoms with Crippen LogP contribution in [-0.4, -0.2) is 29.1 Å². The van der Waals surface area contributed by atoms with E-state index in [1.165, 1.54) is 49.8 Å². The minimum atomic E-state index is -0.695. The van der Waals surface area contributed by atoms with Gasteiger partial charge in [0.2, 0.25) is 5.76 Å². The van der Waals surface area contributed by atoms with Crippen LogP contribution in [0, 0.1) is 5.82 Å². The number of thioether (sulfide) groups is 1. The molecule has 1 aliphatic heterocycles. The van der Waals surface area contributed by atoms with Crippen LogP contribution in [0.25, 0.3) is 6.08 Å². The van der Waals surface area contributed by atoms with Gasteiger partial charge in [0.05, 0.1) is 24.8 Å². The summed E-state index contributed by atoms with van der Waals surface area (Å²) in [5.74, 6) is -1.45. The number of benzene rings is 2. The number of rotatable bonds is 6. The quantitative estimate of drug-likeness (QED) is 0.256. The molecule has 7 nitrogen and oxygen atoms in total. The summed E-state index contributed by atoms with van der Waals surface area (Å²) in [6.45, 7) is -0.279. The van der Waals surface area contributed by atoms with Gasteiger partial charge in [-0.05, 0) is 59.8 Å². The predicted octanol–water partition coefficient (Wildman–Crippen LogP) is 5.54. The maximum atomic E-state index is 14.1. The highest BCUT2D eigenvalue weighted by Gasteiger charge is 2.36. The molecule has 33 heavy (non-hydrogen) atoms. The van der Waals surface area contributed by atoms with Crippen LogP contribution < -0.4 is 9.47 Å². The number of methoxy groups -OCH3 is 1. The lowest BCUT2D eigenvalue weighted by molar-refractivity contribution is -0.123. The molecule has 0 atom stereocenters. The van der Waals surface area contributed by atoms with Crippen molar-refractivity contribution in [2.24, 2.45) is 0 Å². The van der Waals surface area contributed by atoms with Crippen molar-refractivity contribution >= 4 is 46.6 Å². The van der Waals surface area contributed by atoms with E-state index in [9.17, 15) is 18.8 Å². The standard InChI is InChI=1S/C23H15ClFNO6S/c1-30-19-10-13(7-8-17(19)32-22(28)18-6-3-9-31-18)11-20-21(27)26(23(29)33-20)12-14-15(24)4-2-5-16(14)25/h2-11H,12H2,1H3/b20-11-. The van der Waals surface area contributed by atoms with Gasteiger partial charge in [0, 0.05) is 10.6 Å². The fourth-order valence-corrected chi connectivity index (χ4v) is 4.09. The molecule has 168 valence electrons. The van der Waals surface area contributed by atoms with Crippen molar-refractivity contribution in [2.45, 2.75) is 6.54 Å². The van der Waals surface area contributed by atoms with Crippen LogP contribution in [0.5, 0.6) is 11.5 Å². The number of carbonyl (C=O) groups is 3. The molecule has 1 saturated heterocycles. The van der Waals surface area contributed by atoms with Crippen molar-refractivity contribution < 1.29 is 32.7 Å². The fourth-order valence-electron chi connectivity index (χ4n) is 3.03. The zero-order valence-corrected chi connectivity index (χ0v) is 18.6. The molecule has 0 radical (unpaired) electrons. The molecule has 2 amide bonds. The highest BCUT2D eigenvalue weighted by atomic mass is 35.5. The zero-order valence-electron chi connectivity index (χ0n) is 17.0. The number of amides is 2. The lowest BCUT2D eigenvalue weighted by Gasteiger charge is -2.14. The summed E-state index contributed by atoms with van der Waals surface area (Å²) >= 11 is 6.75. The van der Waals surface area contributed by atoms with Crippen LogP contribution in [0.15, 0.2) is 64.1 Å². The Morgan fingerprint density at radius 1 is 1.18 bits per heavy atom. The summed E-state index contributed by atoms with van der Waals surface area (Å²) in [4.78, 5) is 38.4. The Balaban J connectivity index is 1.54. The second-order valence-corrected chi connectivity index (χ2v) is 8.15. The summed E-state index contributed by atoms with van der Waals surface area (Å²) < 4.78 is 29.7. The van der Waals surface area contributed by atoms with E-state index in [0.29, 0.717) is 5.56 Å². The molecular formula is C23H15ClFNO6S. The molecule has 0 saturated carbocycles. The van der Waals surface area contributed by atoms with Crippen LogP contribution in [0.1, 0.15) is 21.7 Å². The maximum Gasteiger partial charge on any atom is 0.379 e. The van der Waals surface area contributed by atoms with Crippen molar-refractivity contribution in [3.8, 4) is 11.5 Å². The van der Waals surface area contributed by atoms with Crippen molar-refractivity contribution in [3.63, 3.8) is 0 Å². The van der Waals surface area contributed by atoms with Crippen LogP contribution >= 0.6 is 23.4 Å². The fraction of sp³-hybridized carbons (Fsp3) is 0.0870. The van der Waals surface area contributed by atoms with Crippen molar-refractivity contribution in [1.82, 2.24) is 4.90 Å². The Morgan fingerprint density at radius 3 is 2.70 bits per heavy atom. The molecule has 0 spiro atoms. The average Bonchev–Trinajstić information content (AvgIpc) is 3.42. The summed E-state index contributed by atoms with van der Waals surface area (Å²) in [7, 11) is 1.40. The van der Waals surface area contributed by atoms with Crippen LogP contribution in [0.4, 0.5) is 9.18 Å². The monoisotopic (exact) mass is 487 g/mol. The SMILES string of the molecule is COc1cc(/C=C2\SC(=O)N(Cc3c(F)cccc3Cl)C2=O)ccc1OC(=O)c1ccco1. The average molecular weight is 488 g/mol. The molecule has 0 unspecified atom stereocenters. The minimum Gasteiger partial charge on any atom is -0.493 e. The first-order chi connectivity index (χ1) is 15.9. The second-order valence-electron chi connectivity index (χ2n) is 6.75. The van der Waals surface area contributed by atoms with Crippen LogP contribution in [-0.2, 0) is 11.3 Å². The third-order valence-electron chi connectivity index (χ3n) is 4.66. The predicted molar refractivity (Wildman–Crippen MR) is 120 cm³/mol. The number of esters is 1. The largest absolute Gasteiger partial charge is 0.493 e. The molecule has 10 heteroatoms. The Morgan fingerprint density at radius 2 is 2.00 bits per heavy atom. The third-order valence-corrected chi connectivity index (χ3v) is 5.92. The Kier molecular flexibility index (Phi) is 6.52. The lowest BCUT2D eigenvalue weighted by atomic mass is 10.1. The van der Waals surface area contributed by atoms with Gasteiger partial charge < -0.3 is 13.9 Å². The normalized spacial score (nSPS) is 14.8. The second kappa shape index (κ2) is 9.51. The van der Waals surface area contributed by atoms with E-state index in [1.54, 1.807) is 18.2 Å². The number of nitrogens with zero attached hydrogens (tertiary/aromatic N) is 1. The molecule has 1 fully saturated rings. The van der Waals surface area contributed by atoms with Crippen molar-refractivity contribution in [3.05, 3.63) is 87.4 Å². The first kappa shape index (κ1) is 22.6. The summed E-state index contributed by atoms with van der Waals surface area (Å²) in [5, 5.41) is -0.413. The number of halogens is 2. The van der Waals surface area contributed by atoms with Gasteiger partial charge in [-0.3, -0.25) is 14.5 Å². The first-order valence-electron chi connectivity index (χ1n) is 9.49. The smallest absolute Gasteiger partial charge is 0.379 e. The summed E-state index contributed by atoms with van der Waals surface area (Å²) in [6.07, 6.45) is 2.85. The maximum absolute atomic E-state index is 14.1. The molecule has 0 bridgehead atoms. The number of imide groups is 1. The van der Waals surface area contributed by atoms with E-state index in [4.69, 9.17) is 25.5 Å². The molecule has 2 aromatic carbocycles. The van der Waals surface area contributed by atoms with E-state index < -0.39 is 22.9 Å². The molecular weight excluding hydrogens is 473 g/mol. The van der Waals surface area contributed by atoms with E-state index in [1.807, 2.05) is 0 Å². The molecule has 1 aromatic heterocycles. The van der Waals surface area contributed by atoms with Gasteiger partial charge in [-0.15, -0.1) is 0 Å². The van der Waals surface area contributed by atoms with E-state index in [2.05, 4.69) is 0 Å². The Bertz CT molecular complexity index is 1250. The van der Waals surface area contributed by atoms with E-state index in [0.717, 1.165) is 16.7 Å². The van der Waals surface area contributed by atoms with Gasteiger partial charge in [-0.1, -0.05) is 23.7 Å². The number of carbonyl (C=O) groups excluding carboxylic acids is 3. The minimum absolute atomic E-state index is 0.0322. The topological polar surface area (TPSA) is 86.0 Å². The van der Waals surface area contributed by atoms with Gasteiger partial charge in [-0.2, -0.15) is 0 Å². The van der Waals surface area contributed by atoms with E-state index >= 15 is 0 Å². The lowest BCUT2D eigenvalue weighted by Crippen LogP contribution is -2.28. The number of hydrogen-bond donors (Lipinski definition) is 0. The highest BCUT2D eigenvalue weighted by molar-refractivity contribution is 8.18. The number of furan rings is 1. The Labute approximate surface area is 196 Å². The van der Waals surface area contributed by atoms with Gasteiger partial charge in [0.25, 0.3) is 11.1 Å². The summed E-state index contributed by atoms with van der Waals surface area (Å²) in [5.41, 5.74) is 0.589. The van der Waals surface area contributed by atoms with Gasteiger partial charge in [-0.25, -0.2) is 9.18 Å². The van der Waals surface area contributed by atoms with Crippen LogP contribution in [0.3, 0.4) is 0 Å². The Hall–Kier alpha value is -3.56. The number of hydrogen-bond acceptors (Lipinski definition) is 7. The van der Waals surface area contributed by atoms with E-state index in [-0.39, 0.29) is 39.3 Å². The molecule has 2 heterocycles. The number of ether oxygens (including phenoxy) is 2.